The van der Waals surface area contributed by atoms with Crippen molar-refractivity contribution >= 4 is 0 Å². The van der Waals surface area contributed by atoms with Gasteiger partial charge in [-0.1, -0.05) is 0 Å². The number of likely N-dealkylation sites (tertiary alicyclic amines) is 1. The van der Waals surface area contributed by atoms with E-state index in [0.717, 1.165) is 11.6 Å². The molecule has 0 unspecified atom stereocenters. The first-order valence-corrected chi connectivity index (χ1v) is 5.94. The summed E-state index contributed by atoms with van der Waals surface area (Å²) >= 11 is 0. The molecule has 2 fully saturated rings. The van der Waals surface area contributed by atoms with Gasteiger partial charge in [-0.25, -0.2) is 0 Å². The van der Waals surface area contributed by atoms with Crippen LogP contribution in [-0.2, 0) is 0 Å². The number of nitrogens with zero attached hydrogens (tertiary/aromatic N) is 3. The highest BCUT2D eigenvalue weighted by Crippen LogP contribution is 2.38. The summed E-state index contributed by atoms with van der Waals surface area (Å²) in [6.45, 7) is 2.37. The molecule has 1 aromatic rings. The number of nitrogens with one attached hydrogen (secondary N) is 1. The van der Waals surface area contributed by atoms with Crippen molar-refractivity contribution in [3.63, 3.8) is 0 Å². The van der Waals surface area contributed by atoms with Gasteiger partial charge in [0.1, 0.15) is 11.6 Å². The number of hydrogen-bond acceptors (Lipinski definition) is 3. The van der Waals surface area contributed by atoms with Crippen LogP contribution in [0.1, 0.15) is 49.2 Å². The van der Waals surface area contributed by atoms with Gasteiger partial charge in [-0.3, -0.25) is 0 Å². The predicted octanol–water partition coefficient (Wildman–Crippen LogP) is 1.49. The second kappa shape index (κ2) is 3.59. The predicted molar refractivity (Wildman–Crippen MR) is 57.8 cm³/mol. The topological polar surface area (TPSA) is 44.8 Å². The first-order chi connectivity index (χ1) is 7.33. The Labute approximate surface area is 90.1 Å². The molecule has 0 spiro atoms. The molecule has 4 nitrogen and oxygen atoms in total. The van der Waals surface area contributed by atoms with Crippen LogP contribution in [0.15, 0.2) is 0 Å². The first kappa shape index (κ1) is 9.33. The van der Waals surface area contributed by atoms with Crippen molar-refractivity contribution in [1.82, 2.24) is 20.1 Å². The fourth-order valence-corrected chi connectivity index (χ4v) is 2.30. The van der Waals surface area contributed by atoms with Crippen LogP contribution in [0, 0.1) is 0 Å². The number of aromatic amines is 1. The average molecular weight is 206 g/mol. The number of piperidine rings is 1. The van der Waals surface area contributed by atoms with Crippen LogP contribution >= 0.6 is 0 Å². The molecule has 0 bridgehead atoms. The Morgan fingerprint density at radius 1 is 1.00 bits per heavy atom. The lowest BCUT2D eigenvalue weighted by molar-refractivity contribution is 0.251. The third-order valence-electron chi connectivity index (χ3n) is 3.59. The molecule has 1 saturated carbocycles. The highest BCUT2D eigenvalue weighted by atomic mass is 15.2. The van der Waals surface area contributed by atoms with Crippen LogP contribution in [0.3, 0.4) is 0 Å². The Morgan fingerprint density at radius 3 is 2.07 bits per heavy atom. The van der Waals surface area contributed by atoms with Crippen LogP contribution in [0.4, 0.5) is 0 Å². The minimum Gasteiger partial charge on any atom is -0.328 e. The van der Waals surface area contributed by atoms with Gasteiger partial charge in [0.05, 0.1) is 0 Å². The van der Waals surface area contributed by atoms with Gasteiger partial charge in [0.2, 0.25) is 0 Å². The van der Waals surface area contributed by atoms with E-state index < -0.39 is 0 Å². The molecular weight excluding hydrogens is 188 g/mol. The van der Waals surface area contributed by atoms with Crippen molar-refractivity contribution in [2.45, 2.75) is 37.5 Å². The molecule has 0 radical (unpaired) electrons. The normalized spacial score (nSPS) is 24.6. The van der Waals surface area contributed by atoms with E-state index >= 15 is 0 Å². The zero-order chi connectivity index (χ0) is 10.3. The van der Waals surface area contributed by atoms with Gasteiger partial charge in [-0.05, 0) is 45.8 Å². The maximum absolute atomic E-state index is 4.30. The molecule has 3 rings (SSSR count). The van der Waals surface area contributed by atoms with Crippen LogP contribution < -0.4 is 0 Å². The van der Waals surface area contributed by atoms with Crippen molar-refractivity contribution in [3.05, 3.63) is 11.6 Å². The second-order valence-electron chi connectivity index (χ2n) is 4.95. The first-order valence-electron chi connectivity index (χ1n) is 5.94. The van der Waals surface area contributed by atoms with E-state index in [4.69, 9.17) is 0 Å². The molecule has 0 aromatic carbocycles. The molecule has 82 valence electrons. The standard InChI is InChI=1S/C11H18N4/c1-15-6-4-9(5-7-15)11-12-10(13-14-11)8-2-3-8/h8-9H,2-7H2,1H3,(H,12,13,14). The van der Waals surface area contributed by atoms with Crippen molar-refractivity contribution in [2.24, 2.45) is 0 Å². The zero-order valence-corrected chi connectivity index (χ0v) is 9.24. The van der Waals surface area contributed by atoms with E-state index in [9.17, 15) is 0 Å². The van der Waals surface area contributed by atoms with Gasteiger partial charge in [0.15, 0.2) is 0 Å². The smallest absolute Gasteiger partial charge is 0.133 e. The van der Waals surface area contributed by atoms with Crippen molar-refractivity contribution < 1.29 is 0 Å². The van der Waals surface area contributed by atoms with Crippen molar-refractivity contribution in [2.75, 3.05) is 20.1 Å². The van der Waals surface area contributed by atoms with Crippen LogP contribution in [0.2, 0.25) is 0 Å². The molecule has 1 saturated heterocycles. The van der Waals surface area contributed by atoms with Gasteiger partial charge in [0.25, 0.3) is 0 Å². The Morgan fingerprint density at radius 2 is 1.53 bits per heavy atom. The van der Waals surface area contributed by atoms with E-state index in [1.807, 2.05) is 0 Å². The third-order valence-corrected chi connectivity index (χ3v) is 3.59. The minimum atomic E-state index is 0.612. The molecular formula is C11H18N4. The summed E-state index contributed by atoms with van der Waals surface area (Å²) < 4.78 is 0. The van der Waals surface area contributed by atoms with Gasteiger partial charge in [-0.2, -0.15) is 0 Å². The van der Waals surface area contributed by atoms with E-state index in [2.05, 4.69) is 27.1 Å². The quantitative estimate of drug-likeness (QED) is 0.797. The molecule has 4 heteroatoms. The minimum absolute atomic E-state index is 0.612. The summed E-state index contributed by atoms with van der Waals surface area (Å²) in [5.41, 5.74) is 0. The molecule has 0 atom stereocenters. The Balaban J connectivity index is 1.69. The Hall–Kier alpha value is -0.900. The van der Waals surface area contributed by atoms with Crippen molar-refractivity contribution in [1.29, 1.82) is 0 Å². The van der Waals surface area contributed by atoms with Gasteiger partial charge < -0.3 is 9.88 Å². The van der Waals surface area contributed by atoms with Crippen molar-refractivity contribution in [3.8, 4) is 0 Å². The molecule has 0 amide bonds. The largest absolute Gasteiger partial charge is 0.328 e. The number of hydrogen-bond donors (Lipinski definition) is 1. The maximum atomic E-state index is 4.30. The summed E-state index contributed by atoms with van der Waals surface area (Å²) in [5.74, 6) is 3.56. The molecule has 1 N–H and O–H groups in total. The van der Waals surface area contributed by atoms with Gasteiger partial charge in [-0.15, -0.1) is 10.2 Å². The fourth-order valence-electron chi connectivity index (χ4n) is 2.30. The molecule has 15 heavy (non-hydrogen) atoms. The number of rotatable bonds is 2. The molecule has 1 aromatic heterocycles. The monoisotopic (exact) mass is 206 g/mol. The van der Waals surface area contributed by atoms with E-state index in [1.54, 1.807) is 0 Å². The summed E-state index contributed by atoms with van der Waals surface area (Å²) in [6, 6.07) is 0. The molecule has 2 aliphatic rings. The van der Waals surface area contributed by atoms with E-state index in [1.165, 1.54) is 38.8 Å². The zero-order valence-electron chi connectivity index (χ0n) is 9.24. The third kappa shape index (κ3) is 1.91. The lowest BCUT2D eigenvalue weighted by Crippen LogP contribution is -2.29. The lowest BCUT2D eigenvalue weighted by Gasteiger charge is -2.27. The Bertz CT molecular complexity index is 334. The van der Waals surface area contributed by atoms with Crippen LogP contribution in [0.25, 0.3) is 0 Å². The number of aromatic nitrogens is 3. The van der Waals surface area contributed by atoms with Gasteiger partial charge >= 0.3 is 0 Å². The average Bonchev–Trinajstić information content (AvgIpc) is 2.99. The fraction of sp³-hybridized carbons (Fsp3) is 0.818. The van der Waals surface area contributed by atoms with E-state index in [-0.39, 0.29) is 0 Å². The summed E-state index contributed by atoms with van der Waals surface area (Å²) in [4.78, 5) is 5.80. The highest BCUT2D eigenvalue weighted by molar-refractivity contribution is 5.07. The lowest BCUT2D eigenvalue weighted by atomic mass is 9.97. The summed E-state index contributed by atoms with van der Waals surface area (Å²) in [7, 11) is 2.19. The Kier molecular flexibility index (Phi) is 2.24. The molecule has 1 aliphatic carbocycles. The maximum Gasteiger partial charge on any atom is 0.133 e. The van der Waals surface area contributed by atoms with Gasteiger partial charge in [0, 0.05) is 11.8 Å². The summed E-state index contributed by atoms with van der Waals surface area (Å²) in [5, 5.41) is 8.56. The van der Waals surface area contributed by atoms with Crippen LogP contribution in [0.5, 0.6) is 0 Å². The molecule has 2 heterocycles. The highest BCUT2D eigenvalue weighted by Gasteiger charge is 2.29. The SMILES string of the molecule is CN1CCC(c2nnc(C3CC3)[nH]2)CC1. The summed E-state index contributed by atoms with van der Waals surface area (Å²) in [6.07, 6.45) is 5.02. The number of H-pyrrole nitrogens is 1. The van der Waals surface area contributed by atoms with Crippen LogP contribution in [-0.4, -0.2) is 40.2 Å². The second-order valence-corrected chi connectivity index (χ2v) is 4.95. The molecule has 1 aliphatic heterocycles. The van der Waals surface area contributed by atoms with E-state index in [0.29, 0.717) is 11.8 Å².